The molecule has 0 N–H and O–H groups in total. The zero-order valence-electron chi connectivity index (χ0n) is 18.2. The van der Waals surface area contributed by atoms with Crippen LogP contribution in [0.25, 0.3) is 5.57 Å². The molecule has 1 aromatic carbocycles. The van der Waals surface area contributed by atoms with Gasteiger partial charge in [0, 0.05) is 45.7 Å². The van der Waals surface area contributed by atoms with Gasteiger partial charge in [-0.25, -0.2) is 9.97 Å². The summed E-state index contributed by atoms with van der Waals surface area (Å²) in [4.78, 5) is 40.7. The van der Waals surface area contributed by atoms with Crippen molar-refractivity contribution in [3.05, 3.63) is 59.0 Å². The molecule has 0 aliphatic carbocycles. The van der Waals surface area contributed by atoms with Gasteiger partial charge in [0.05, 0.1) is 18.7 Å². The molecular weight excluding hydrogens is 394 g/mol. The number of methoxy groups -OCH3 is 1. The number of aromatic nitrogens is 2. The highest BCUT2D eigenvalue weighted by Crippen LogP contribution is 2.33. The van der Waals surface area contributed by atoms with Crippen LogP contribution in [0.4, 0.5) is 5.95 Å². The maximum Gasteiger partial charge on any atom is 0.277 e. The fraction of sp³-hybridized carbons (Fsp3) is 0.391. The molecule has 0 atom stereocenters. The minimum atomic E-state index is -0.255. The quantitative estimate of drug-likeness (QED) is 0.656. The summed E-state index contributed by atoms with van der Waals surface area (Å²) in [6, 6.07) is 7.70. The Hall–Kier alpha value is -3.26. The topological polar surface area (TPSA) is 78.9 Å². The highest BCUT2D eigenvalue weighted by Gasteiger charge is 2.42. The monoisotopic (exact) mass is 421 g/mol. The number of amides is 2. The van der Waals surface area contributed by atoms with Crippen LogP contribution < -0.4 is 4.90 Å². The van der Waals surface area contributed by atoms with E-state index in [0.29, 0.717) is 50.0 Å². The Kier molecular flexibility index (Phi) is 5.99. The van der Waals surface area contributed by atoms with Gasteiger partial charge in [-0.05, 0) is 36.6 Å². The van der Waals surface area contributed by atoms with E-state index >= 15 is 0 Å². The Morgan fingerprint density at radius 1 is 0.935 bits per heavy atom. The van der Waals surface area contributed by atoms with Gasteiger partial charge in [0.2, 0.25) is 5.95 Å². The third-order valence-electron chi connectivity index (χ3n) is 5.89. The first kappa shape index (κ1) is 21.0. The lowest BCUT2D eigenvalue weighted by atomic mass is 9.99. The molecule has 0 radical (unpaired) electrons. The Morgan fingerprint density at radius 2 is 1.61 bits per heavy atom. The first-order valence-electron chi connectivity index (χ1n) is 10.4. The van der Waals surface area contributed by atoms with Crippen molar-refractivity contribution in [1.29, 1.82) is 0 Å². The molecule has 1 fully saturated rings. The molecule has 162 valence electrons. The van der Waals surface area contributed by atoms with E-state index in [-0.39, 0.29) is 18.4 Å². The molecule has 2 aliphatic heterocycles. The van der Waals surface area contributed by atoms with Crippen molar-refractivity contribution in [2.75, 3.05) is 51.3 Å². The van der Waals surface area contributed by atoms with Crippen molar-refractivity contribution in [2.45, 2.75) is 13.8 Å². The second-order valence-corrected chi connectivity index (χ2v) is 7.80. The standard InChI is InChI=1S/C23H27N5O3/c1-16-5-6-18(15-17(16)2)19-20(22(30)28(21(19)29)13-14-31-3)26-9-11-27(12-10-26)23-24-7-4-8-25-23/h4-8,15H,9-14H2,1-3H3. The third-order valence-corrected chi connectivity index (χ3v) is 5.89. The number of aryl methyl sites for hydroxylation is 2. The molecule has 3 heterocycles. The molecule has 2 aliphatic rings. The lowest BCUT2D eigenvalue weighted by Crippen LogP contribution is -2.48. The van der Waals surface area contributed by atoms with Crippen molar-refractivity contribution in [3.8, 4) is 0 Å². The summed E-state index contributed by atoms with van der Waals surface area (Å²) in [5, 5.41) is 0. The maximum atomic E-state index is 13.3. The highest BCUT2D eigenvalue weighted by molar-refractivity contribution is 6.35. The van der Waals surface area contributed by atoms with Crippen molar-refractivity contribution in [1.82, 2.24) is 19.8 Å². The van der Waals surface area contributed by atoms with Crippen LogP contribution in [0.3, 0.4) is 0 Å². The van der Waals surface area contributed by atoms with E-state index in [4.69, 9.17) is 4.74 Å². The Labute approximate surface area is 182 Å². The summed E-state index contributed by atoms with van der Waals surface area (Å²) in [7, 11) is 1.56. The Balaban J connectivity index is 1.65. The molecule has 2 amide bonds. The summed E-state index contributed by atoms with van der Waals surface area (Å²) in [6.07, 6.45) is 3.45. The number of nitrogens with zero attached hydrogens (tertiary/aromatic N) is 5. The lowest BCUT2D eigenvalue weighted by molar-refractivity contribution is -0.138. The average molecular weight is 422 g/mol. The largest absolute Gasteiger partial charge is 0.383 e. The number of carbonyl (C=O) groups excluding carboxylic acids is 2. The number of carbonyl (C=O) groups is 2. The van der Waals surface area contributed by atoms with E-state index in [1.165, 1.54) is 4.90 Å². The van der Waals surface area contributed by atoms with Crippen molar-refractivity contribution in [3.63, 3.8) is 0 Å². The van der Waals surface area contributed by atoms with Crippen LogP contribution in [0.5, 0.6) is 0 Å². The molecule has 0 spiro atoms. The van der Waals surface area contributed by atoms with Crippen LogP contribution >= 0.6 is 0 Å². The van der Waals surface area contributed by atoms with Gasteiger partial charge in [0.1, 0.15) is 5.70 Å². The molecular formula is C23H27N5O3. The fourth-order valence-electron chi connectivity index (χ4n) is 3.98. The second kappa shape index (κ2) is 8.85. The van der Waals surface area contributed by atoms with Crippen molar-refractivity contribution >= 4 is 23.3 Å². The van der Waals surface area contributed by atoms with Gasteiger partial charge in [0.25, 0.3) is 11.8 Å². The summed E-state index contributed by atoms with van der Waals surface area (Å²) in [6.45, 7) is 7.17. The summed E-state index contributed by atoms with van der Waals surface area (Å²) in [5.41, 5.74) is 3.98. The average Bonchev–Trinajstić information content (AvgIpc) is 3.04. The smallest absolute Gasteiger partial charge is 0.277 e. The SMILES string of the molecule is COCCN1C(=O)C(c2ccc(C)c(C)c2)=C(N2CCN(c3ncccn3)CC2)C1=O. The number of benzene rings is 1. The molecule has 0 unspecified atom stereocenters. The van der Waals surface area contributed by atoms with E-state index in [1.54, 1.807) is 25.6 Å². The van der Waals surface area contributed by atoms with Crippen LogP contribution in [0.15, 0.2) is 42.4 Å². The first-order valence-corrected chi connectivity index (χ1v) is 10.4. The number of anilines is 1. The van der Waals surface area contributed by atoms with E-state index in [2.05, 4.69) is 14.9 Å². The normalized spacial score (nSPS) is 17.2. The zero-order chi connectivity index (χ0) is 22.0. The number of hydrogen-bond acceptors (Lipinski definition) is 7. The van der Waals surface area contributed by atoms with E-state index in [1.807, 2.05) is 36.9 Å². The first-order chi connectivity index (χ1) is 15.0. The van der Waals surface area contributed by atoms with Crippen LogP contribution in [-0.2, 0) is 14.3 Å². The number of imide groups is 1. The molecule has 0 bridgehead atoms. The van der Waals surface area contributed by atoms with E-state index in [9.17, 15) is 9.59 Å². The molecule has 8 nitrogen and oxygen atoms in total. The van der Waals surface area contributed by atoms with Gasteiger partial charge in [-0.3, -0.25) is 14.5 Å². The van der Waals surface area contributed by atoms with Gasteiger partial charge in [0.15, 0.2) is 0 Å². The van der Waals surface area contributed by atoms with Gasteiger partial charge in [-0.2, -0.15) is 0 Å². The molecule has 31 heavy (non-hydrogen) atoms. The molecule has 2 aromatic rings. The van der Waals surface area contributed by atoms with Crippen LogP contribution in [-0.4, -0.2) is 78.0 Å². The number of piperazine rings is 1. The predicted octanol–water partition coefficient (Wildman–Crippen LogP) is 1.64. The molecule has 1 aromatic heterocycles. The van der Waals surface area contributed by atoms with Gasteiger partial charge < -0.3 is 14.5 Å². The van der Waals surface area contributed by atoms with Crippen LogP contribution in [0.1, 0.15) is 16.7 Å². The predicted molar refractivity (Wildman–Crippen MR) is 117 cm³/mol. The summed E-state index contributed by atoms with van der Waals surface area (Å²) >= 11 is 0. The second-order valence-electron chi connectivity index (χ2n) is 7.80. The number of ether oxygens (including phenoxy) is 1. The summed E-state index contributed by atoms with van der Waals surface area (Å²) in [5.74, 6) is 0.176. The number of rotatable bonds is 6. The molecule has 8 heteroatoms. The lowest BCUT2D eigenvalue weighted by Gasteiger charge is -2.36. The van der Waals surface area contributed by atoms with E-state index in [0.717, 1.165) is 16.7 Å². The maximum absolute atomic E-state index is 13.3. The third kappa shape index (κ3) is 4.03. The molecule has 4 rings (SSSR count). The van der Waals surface area contributed by atoms with Crippen molar-refractivity contribution < 1.29 is 14.3 Å². The van der Waals surface area contributed by atoms with Crippen LogP contribution in [0, 0.1) is 13.8 Å². The van der Waals surface area contributed by atoms with Crippen molar-refractivity contribution in [2.24, 2.45) is 0 Å². The minimum Gasteiger partial charge on any atom is -0.383 e. The molecule has 1 saturated heterocycles. The van der Waals surface area contributed by atoms with E-state index < -0.39 is 0 Å². The Morgan fingerprint density at radius 3 is 2.26 bits per heavy atom. The minimum absolute atomic E-state index is 0.240. The van der Waals surface area contributed by atoms with Gasteiger partial charge in [-0.15, -0.1) is 0 Å². The van der Waals surface area contributed by atoms with Gasteiger partial charge in [-0.1, -0.05) is 18.2 Å². The zero-order valence-corrected chi connectivity index (χ0v) is 18.2. The highest BCUT2D eigenvalue weighted by atomic mass is 16.5. The van der Waals surface area contributed by atoms with Crippen LogP contribution in [0.2, 0.25) is 0 Å². The fourth-order valence-corrected chi connectivity index (χ4v) is 3.98. The Bertz CT molecular complexity index is 1010. The molecule has 0 saturated carbocycles. The van der Waals surface area contributed by atoms with Gasteiger partial charge >= 0.3 is 0 Å². The summed E-state index contributed by atoms with van der Waals surface area (Å²) < 4.78 is 5.12. The number of hydrogen-bond donors (Lipinski definition) is 0.